The number of carbonyl (C=O) groups excluding carboxylic acids is 2. The molecule has 0 fully saturated rings. The van der Waals surface area contributed by atoms with Gasteiger partial charge >= 0.3 is 0 Å². The fraction of sp³-hybridized carbons (Fsp3) is 0.300. The molecule has 2 aromatic rings. The van der Waals surface area contributed by atoms with E-state index in [4.69, 9.17) is 9.47 Å². The van der Waals surface area contributed by atoms with Crippen LogP contribution >= 0.6 is 0 Å². The first-order chi connectivity index (χ1) is 12.5. The third-order valence-corrected chi connectivity index (χ3v) is 3.58. The lowest BCUT2D eigenvalue weighted by atomic mass is 10.1. The Morgan fingerprint density at radius 1 is 1.00 bits per heavy atom. The second kappa shape index (κ2) is 9.46. The van der Waals surface area contributed by atoms with Gasteiger partial charge < -0.3 is 9.47 Å². The van der Waals surface area contributed by atoms with Crippen LogP contribution in [0.5, 0.6) is 11.5 Å². The molecule has 0 aliphatic heterocycles. The minimum atomic E-state index is -0.379. The third kappa shape index (κ3) is 6.12. The smallest absolute Gasteiger partial charge is 0.269 e. The highest BCUT2D eigenvalue weighted by atomic mass is 16.5. The number of ether oxygens (including phenoxy) is 2. The van der Waals surface area contributed by atoms with Crippen LogP contribution in [0.3, 0.4) is 0 Å². The molecule has 2 N–H and O–H groups in total. The van der Waals surface area contributed by atoms with Crippen LogP contribution in [-0.2, 0) is 11.2 Å². The van der Waals surface area contributed by atoms with Crippen molar-refractivity contribution in [3.8, 4) is 11.5 Å². The fourth-order valence-electron chi connectivity index (χ4n) is 2.30. The number of hydrazine groups is 1. The van der Waals surface area contributed by atoms with Gasteiger partial charge in [-0.2, -0.15) is 0 Å². The molecule has 6 heteroatoms. The Hall–Kier alpha value is -3.02. The van der Waals surface area contributed by atoms with Gasteiger partial charge in [-0.3, -0.25) is 20.4 Å². The minimum Gasteiger partial charge on any atom is -0.497 e. The van der Waals surface area contributed by atoms with Crippen molar-refractivity contribution in [3.05, 3.63) is 59.7 Å². The molecule has 2 rings (SSSR count). The van der Waals surface area contributed by atoms with Gasteiger partial charge in [0.1, 0.15) is 11.5 Å². The van der Waals surface area contributed by atoms with Gasteiger partial charge in [-0.15, -0.1) is 0 Å². The minimum absolute atomic E-state index is 0.0681. The van der Waals surface area contributed by atoms with Crippen molar-refractivity contribution in [1.29, 1.82) is 0 Å². The Morgan fingerprint density at radius 3 is 2.38 bits per heavy atom. The lowest BCUT2D eigenvalue weighted by Crippen LogP contribution is -2.41. The summed E-state index contributed by atoms with van der Waals surface area (Å²) in [7, 11) is 1.60. The first kappa shape index (κ1) is 19.3. The lowest BCUT2D eigenvalue weighted by molar-refractivity contribution is -0.121. The number of rotatable bonds is 7. The molecular formula is C20H24N2O4. The number of nitrogens with one attached hydrogen (secondary N) is 2. The van der Waals surface area contributed by atoms with E-state index in [-0.39, 0.29) is 24.3 Å². The van der Waals surface area contributed by atoms with E-state index in [1.54, 1.807) is 31.4 Å². The van der Waals surface area contributed by atoms with Gasteiger partial charge in [0, 0.05) is 12.0 Å². The van der Waals surface area contributed by atoms with E-state index < -0.39 is 0 Å². The second-order valence-corrected chi connectivity index (χ2v) is 6.04. The molecule has 26 heavy (non-hydrogen) atoms. The first-order valence-corrected chi connectivity index (χ1v) is 8.46. The van der Waals surface area contributed by atoms with Crippen molar-refractivity contribution >= 4 is 11.8 Å². The number of benzene rings is 2. The van der Waals surface area contributed by atoms with Gasteiger partial charge in [0.2, 0.25) is 5.91 Å². The van der Waals surface area contributed by atoms with Gasteiger partial charge in [-0.1, -0.05) is 12.1 Å². The molecule has 0 radical (unpaired) electrons. The van der Waals surface area contributed by atoms with Gasteiger partial charge in [0.25, 0.3) is 5.91 Å². The molecular weight excluding hydrogens is 332 g/mol. The van der Waals surface area contributed by atoms with Crippen LogP contribution in [0.4, 0.5) is 0 Å². The first-order valence-electron chi connectivity index (χ1n) is 8.46. The highest BCUT2D eigenvalue weighted by Crippen LogP contribution is 2.14. The molecule has 0 atom stereocenters. The molecule has 6 nitrogen and oxygen atoms in total. The highest BCUT2D eigenvalue weighted by Gasteiger charge is 2.08. The molecule has 2 amide bonds. The predicted octanol–water partition coefficient (Wildman–Crippen LogP) is 2.88. The van der Waals surface area contributed by atoms with Crippen molar-refractivity contribution in [1.82, 2.24) is 10.9 Å². The highest BCUT2D eigenvalue weighted by molar-refractivity contribution is 5.95. The molecule has 0 heterocycles. The third-order valence-electron chi connectivity index (χ3n) is 3.58. The SMILES string of the molecule is COc1cccc(CCC(=O)NNC(=O)c2ccc(OC(C)C)cc2)c1. The van der Waals surface area contributed by atoms with Crippen molar-refractivity contribution in [2.45, 2.75) is 32.8 Å². The average Bonchev–Trinajstić information content (AvgIpc) is 2.64. The van der Waals surface area contributed by atoms with E-state index in [0.717, 1.165) is 11.3 Å². The van der Waals surface area contributed by atoms with Crippen LogP contribution in [0.15, 0.2) is 48.5 Å². The zero-order valence-electron chi connectivity index (χ0n) is 15.2. The summed E-state index contributed by atoms with van der Waals surface area (Å²) in [6, 6.07) is 14.3. The summed E-state index contributed by atoms with van der Waals surface area (Å²) >= 11 is 0. The monoisotopic (exact) mass is 356 g/mol. The van der Waals surface area contributed by atoms with Crippen LogP contribution in [0.25, 0.3) is 0 Å². The van der Waals surface area contributed by atoms with Crippen molar-refractivity contribution in [2.75, 3.05) is 7.11 Å². The normalized spacial score (nSPS) is 10.3. The van der Waals surface area contributed by atoms with E-state index >= 15 is 0 Å². The molecule has 0 aliphatic carbocycles. The summed E-state index contributed by atoms with van der Waals surface area (Å²) in [4.78, 5) is 24.0. The fourth-order valence-corrected chi connectivity index (χ4v) is 2.30. The van der Waals surface area contributed by atoms with Crippen molar-refractivity contribution < 1.29 is 19.1 Å². The summed E-state index contributed by atoms with van der Waals surface area (Å²) in [5.74, 6) is 0.803. The summed E-state index contributed by atoms with van der Waals surface area (Å²) in [6.07, 6.45) is 0.882. The Kier molecular flexibility index (Phi) is 7.02. The van der Waals surface area contributed by atoms with Crippen LogP contribution < -0.4 is 20.3 Å². The van der Waals surface area contributed by atoms with Crippen LogP contribution in [-0.4, -0.2) is 25.0 Å². The van der Waals surface area contributed by atoms with E-state index in [1.165, 1.54) is 0 Å². The maximum Gasteiger partial charge on any atom is 0.269 e. The van der Waals surface area contributed by atoms with E-state index in [2.05, 4.69) is 10.9 Å². The van der Waals surface area contributed by atoms with Crippen molar-refractivity contribution in [3.63, 3.8) is 0 Å². The van der Waals surface area contributed by atoms with E-state index in [9.17, 15) is 9.59 Å². The van der Waals surface area contributed by atoms with E-state index in [1.807, 2.05) is 38.1 Å². The molecule has 0 saturated heterocycles. The van der Waals surface area contributed by atoms with Gasteiger partial charge in [-0.25, -0.2) is 0 Å². The second-order valence-electron chi connectivity index (χ2n) is 6.04. The van der Waals surface area contributed by atoms with Crippen molar-refractivity contribution in [2.24, 2.45) is 0 Å². The molecule has 138 valence electrons. The zero-order valence-corrected chi connectivity index (χ0v) is 15.2. The number of aryl methyl sites for hydroxylation is 1. The summed E-state index contributed by atoms with van der Waals surface area (Å²) in [6.45, 7) is 3.86. The lowest BCUT2D eigenvalue weighted by Gasteiger charge is -2.11. The summed E-state index contributed by atoms with van der Waals surface area (Å²) in [5.41, 5.74) is 6.27. The van der Waals surface area contributed by atoms with Crippen LogP contribution in [0, 0.1) is 0 Å². The number of hydrogen-bond acceptors (Lipinski definition) is 4. The Balaban J connectivity index is 1.78. The molecule has 2 aromatic carbocycles. The number of amides is 2. The quantitative estimate of drug-likeness (QED) is 0.748. The topological polar surface area (TPSA) is 76.7 Å². The molecule has 0 saturated carbocycles. The standard InChI is InChI=1S/C20H24N2O4/c1-14(2)26-17-10-8-16(9-11-17)20(24)22-21-19(23)12-7-15-5-4-6-18(13-15)25-3/h4-6,8-11,13-14H,7,12H2,1-3H3,(H,21,23)(H,22,24). The van der Waals surface area contributed by atoms with E-state index in [0.29, 0.717) is 17.7 Å². The average molecular weight is 356 g/mol. The summed E-state index contributed by atoms with van der Waals surface area (Å²) in [5, 5.41) is 0. The van der Waals surface area contributed by atoms with Gasteiger partial charge in [0.05, 0.1) is 13.2 Å². The molecule has 0 aromatic heterocycles. The molecule has 0 unspecified atom stereocenters. The Bertz CT molecular complexity index is 742. The van der Waals surface area contributed by atoms with Crippen LogP contribution in [0.1, 0.15) is 36.2 Å². The molecule has 0 aliphatic rings. The number of hydrogen-bond donors (Lipinski definition) is 2. The zero-order chi connectivity index (χ0) is 18.9. The van der Waals surface area contributed by atoms with Gasteiger partial charge in [0.15, 0.2) is 0 Å². The number of methoxy groups -OCH3 is 1. The molecule has 0 spiro atoms. The largest absolute Gasteiger partial charge is 0.497 e. The maximum atomic E-state index is 12.1. The maximum absolute atomic E-state index is 12.1. The Labute approximate surface area is 153 Å². The Morgan fingerprint density at radius 2 is 1.73 bits per heavy atom. The predicted molar refractivity (Wildman–Crippen MR) is 99.1 cm³/mol. The number of carbonyl (C=O) groups is 2. The molecule has 0 bridgehead atoms. The van der Waals surface area contributed by atoms with Crippen LogP contribution in [0.2, 0.25) is 0 Å². The van der Waals surface area contributed by atoms with Gasteiger partial charge in [-0.05, 0) is 62.2 Å². The summed E-state index contributed by atoms with van der Waals surface area (Å²) < 4.78 is 10.7.